The summed E-state index contributed by atoms with van der Waals surface area (Å²) in [5.41, 5.74) is 2.20. The SMILES string of the molecule is CCc1ccc(CC(O)C(C)S(C)(=O)=O)cc1. The summed E-state index contributed by atoms with van der Waals surface area (Å²) in [4.78, 5) is 0. The summed E-state index contributed by atoms with van der Waals surface area (Å²) in [7, 11) is -3.18. The first-order valence-corrected chi connectivity index (χ1v) is 7.74. The second-order valence-corrected chi connectivity index (χ2v) is 6.88. The van der Waals surface area contributed by atoms with Crippen molar-refractivity contribution in [2.24, 2.45) is 0 Å². The van der Waals surface area contributed by atoms with E-state index in [9.17, 15) is 13.5 Å². The zero-order valence-corrected chi connectivity index (χ0v) is 11.4. The van der Waals surface area contributed by atoms with Gasteiger partial charge in [0, 0.05) is 6.26 Å². The van der Waals surface area contributed by atoms with E-state index in [4.69, 9.17) is 0 Å². The molecule has 1 aromatic carbocycles. The number of sulfone groups is 1. The van der Waals surface area contributed by atoms with Crippen LogP contribution < -0.4 is 0 Å². The molecule has 0 saturated heterocycles. The highest BCUT2D eigenvalue weighted by molar-refractivity contribution is 7.91. The van der Waals surface area contributed by atoms with Gasteiger partial charge in [0.1, 0.15) is 0 Å². The molecule has 17 heavy (non-hydrogen) atoms. The molecule has 1 N–H and O–H groups in total. The average Bonchev–Trinajstić information content (AvgIpc) is 2.27. The summed E-state index contributed by atoms with van der Waals surface area (Å²) in [5.74, 6) is 0. The van der Waals surface area contributed by atoms with Gasteiger partial charge in [0.15, 0.2) is 9.84 Å². The van der Waals surface area contributed by atoms with Crippen LogP contribution in [0.25, 0.3) is 0 Å². The van der Waals surface area contributed by atoms with Crippen LogP contribution in [0, 0.1) is 0 Å². The molecule has 0 aliphatic heterocycles. The molecule has 0 radical (unpaired) electrons. The molecule has 0 spiro atoms. The minimum atomic E-state index is -3.18. The number of benzene rings is 1. The number of aryl methyl sites for hydroxylation is 1. The zero-order chi connectivity index (χ0) is 13.1. The van der Waals surface area contributed by atoms with Crippen molar-refractivity contribution in [3.63, 3.8) is 0 Å². The lowest BCUT2D eigenvalue weighted by Gasteiger charge is -2.17. The number of hydrogen-bond acceptors (Lipinski definition) is 3. The maximum atomic E-state index is 11.3. The van der Waals surface area contributed by atoms with E-state index >= 15 is 0 Å². The molecule has 0 aliphatic rings. The van der Waals surface area contributed by atoms with Gasteiger partial charge in [0.25, 0.3) is 0 Å². The first-order chi connectivity index (χ1) is 7.84. The topological polar surface area (TPSA) is 54.4 Å². The van der Waals surface area contributed by atoms with Crippen LogP contribution >= 0.6 is 0 Å². The van der Waals surface area contributed by atoms with Gasteiger partial charge in [-0.05, 0) is 30.9 Å². The minimum absolute atomic E-state index is 0.373. The Labute approximate surface area is 103 Å². The van der Waals surface area contributed by atoms with Crippen LogP contribution in [-0.4, -0.2) is 31.1 Å². The minimum Gasteiger partial charge on any atom is -0.391 e. The molecular weight excluding hydrogens is 236 g/mol. The molecule has 4 heteroatoms. The summed E-state index contributed by atoms with van der Waals surface area (Å²) < 4.78 is 22.6. The fraction of sp³-hybridized carbons (Fsp3) is 0.538. The van der Waals surface area contributed by atoms with E-state index in [1.807, 2.05) is 24.3 Å². The molecule has 2 atom stereocenters. The number of aliphatic hydroxyl groups is 1. The summed E-state index contributed by atoms with van der Waals surface area (Å²) in [6.07, 6.45) is 1.65. The van der Waals surface area contributed by atoms with Crippen LogP contribution in [0.1, 0.15) is 25.0 Å². The van der Waals surface area contributed by atoms with E-state index in [0.29, 0.717) is 6.42 Å². The number of aliphatic hydroxyl groups excluding tert-OH is 1. The molecular formula is C13H20O3S. The molecule has 0 fully saturated rings. The van der Waals surface area contributed by atoms with Crippen molar-refractivity contribution in [1.82, 2.24) is 0 Å². The fourth-order valence-electron chi connectivity index (χ4n) is 1.60. The van der Waals surface area contributed by atoms with Crippen molar-refractivity contribution in [2.75, 3.05) is 6.26 Å². The highest BCUT2D eigenvalue weighted by Gasteiger charge is 2.23. The van der Waals surface area contributed by atoms with Crippen LogP contribution in [0.2, 0.25) is 0 Å². The lowest BCUT2D eigenvalue weighted by Crippen LogP contribution is -2.32. The molecule has 2 unspecified atom stereocenters. The third-order valence-electron chi connectivity index (χ3n) is 3.09. The van der Waals surface area contributed by atoms with E-state index < -0.39 is 21.2 Å². The van der Waals surface area contributed by atoms with E-state index in [0.717, 1.165) is 18.2 Å². The van der Waals surface area contributed by atoms with Crippen LogP contribution in [0.15, 0.2) is 24.3 Å². The number of rotatable bonds is 5. The van der Waals surface area contributed by atoms with Crippen molar-refractivity contribution in [1.29, 1.82) is 0 Å². The summed E-state index contributed by atoms with van der Waals surface area (Å²) in [6.45, 7) is 3.62. The Hall–Kier alpha value is -0.870. The summed E-state index contributed by atoms with van der Waals surface area (Å²) in [5, 5.41) is 9.13. The van der Waals surface area contributed by atoms with E-state index in [1.165, 1.54) is 5.56 Å². The average molecular weight is 256 g/mol. The lowest BCUT2D eigenvalue weighted by molar-refractivity contribution is 0.173. The van der Waals surface area contributed by atoms with Gasteiger partial charge in [-0.1, -0.05) is 31.2 Å². The molecule has 0 heterocycles. The summed E-state index contributed by atoms with van der Waals surface area (Å²) >= 11 is 0. The number of hydrogen-bond donors (Lipinski definition) is 1. The normalized spacial score (nSPS) is 15.5. The van der Waals surface area contributed by atoms with Gasteiger partial charge >= 0.3 is 0 Å². The highest BCUT2D eigenvalue weighted by Crippen LogP contribution is 2.12. The van der Waals surface area contributed by atoms with E-state index in [-0.39, 0.29) is 0 Å². The Morgan fingerprint density at radius 2 is 1.65 bits per heavy atom. The zero-order valence-electron chi connectivity index (χ0n) is 10.6. The fourth-order valence-corrected chi connectivity index (χ4v) is 2.27. The monoisotopic (exact) mass is 256 g/mol. The van der Waals surface area contributed by atoms with Crippen molar-refractivity contribution < 1.29 is 13.5 Å². The molecule has 1 aromatic rings. The third-order valence-corrected chi connectivity index (χ3v) is 4.76. The molecule has 3 nitrogen and oxygen atoms in total. The standard InChI is InChI=1S/C13H20O3S/c1-4-11-5-7-12(8-6-11)9-13(14)10(2)17(3,15)16/h5-8,10,13-14H,4,9H2,1-3H3. The van der Waals surface area contributed by atoms with Gasteiger partial charge in [-0.25, -0.2) is 8.42 Å². The lowest BCUT2D eigenvalue weighted by atomic mass is 10.0. The quantitative estimate of drug-likeness (QED) is 0.870. The van der Waals surface area contributed by atoms with Crippen LogP contribution in [-0.2, 0) is 22.7 Å². The Kier molecular flexibility index (Phi) is 4.71. The predicted octanol–water partition coefficient (Wildman–Crippen LogP) is 1.59. The molecule has 1 rings (SSSR count). The summed E-state index contributed by atoms with van der Waals surface area (Å²) in [6, 6.07) is 7.90. The second kappa shape index (κ2) is 5.65. The van der Waals surface area contributed by atoms with Crippen LogP contribution in [0.3, 0.4) is 0 Å². The van der Waals surface area contributed by atoms with Crippen molar-refractivity contribution in [3.8, 4) is 0 Å². The van der Waals surface area contributed by atoms with Gasteiger partial charge in [-0.15, -0.1) is 0 Å². The van der Waals surface area contributed by atoms with Gasteiger partial charge in [0.05, 0.1) is 11.4 Å². The van der Waals surface area contributed by atoms with Crippen LogP contribution in [0.5, 0.6) is 0 Å². The Morgan fingerprint density at radius 3 is 2.06 bits per heavy atom. The van der Waals surface area contributed by atoms with Crippen molar-refractivity contribution in [2.45, 2.75) is 38.0 Å². The van der Waals surface area contributed by atoms with Gasteiger partial charge in [-0.3, -0.25) is 0 Å². The molecule has 96 valence electrons. The first-order valence-electron chi connectivity index (χ1n) is 5.79. The second-order valence-electron chi connectivity index (χ2n) is 4.48. The maximum Gasteiger partial charge on any atom is 0.152 e. The third kappa shape index (κ3) is 4.13. The molecule has 0 aliphatic carbocycles. The maximum absolute atomic E-state index is 11.3. The molecule has 0 amide bonds. The Morgan fingerprint density at radius 1 is 1.18 bits per heavy atom. The smallest absolute Gasteiger partial charge is 0.152 e. The Balaban J connectivity index is 2.71. The predicted molar refractivity (Wildman–Crippen MR) is 69.8 cm³/mol. The molecule has 0 bridgehead atoms. The largest absolute Gasteiger partial charge is 0.391 e. The van der Waals surface area contributed by atoms with Crippen molar-refractivity contribution >= 4 is 9.84 Å². The van der Waals surface area contributed by atoms with Gasteiger partial charge < -0.3 is 5.11 Å². The van der Waals surface area contributed by atoms with Gasteiger partial charge in [0.2, 0.25) is 0 Å². The van der Waals surface area contributed by atoms with E-state index in [1.54, 1.807) is 6.92 Å². The van der Waals surface area contributed by atoms with E-state index in [2.05, 4.69) is 6.92 Å². The Bertz CT molecular complexity index is 448. The van der Waals surface area contributed by atoms with Crippen LogP contribution in [0.4, 0.5) is 0 Å². The highest BCUT2D eigenvalue weighted by atomic mass is 32.2. The molecule has 0 aromatic heterocycles. The molecule has 0 saturated carbocycles. The first kappa shape index (κ1) is 14.2. The van der Waals surface area contributed by atoms with Crippen molar-refractivity contribution in [3.05, 3.63) is 35.4 Å². The van der Waals surface area contributed by atoms with Gasteiger partial charge in [-0.2, -0.15) is 0 Å².